The van der Waals surface area contributed by atoms with Gasteiger partial charge in [0.1, 0.15) is 17.1 Å². The molecule has 2 heterocycles. The Hall–Kier alpha value is -5.49. The molecule has 0 saturated heterocycles. The van der Waals surface area contributed by atoms with Gasteiger partial charge in [0, 0.05) is 22.9 Å². The van der Waals surface area contributed by atoms with Crippen molar-refractivity contribution in [1.82, 2.24) is 0 Å². The van der Waals surface area contributed by atoms with Gasteiger partial charge in [0.2, 0.25) is 5.78 Å². The fraction of sp³-hybridized carbons (Fsp3) is 0.0811. The van der Waals surface area contributed by atoms with Gasteiger partial charge in [-0.3, -0.25) is 9.79 Å². The lowest BCUT2D eigenvalue weighted by atomic mass is 9.93. The highest BCUT2D eigenvalue weighted by molar-refractivity contribution is 6.09. The number of nitrogens with zero attached hydrogens (tertiary/aromatic N) is 1. The van der Waals surface area contributed by atoms with Gasteiger partial charge in [-0.1, -0.05) is 72.8 Å². The third kappa shape index (κ3) is 5.43. The maximum Gasteiger partial charge on any atom is 0.228 e. The molecule has 0 fully saturated rings. The number of hydrogen-bond acceptors (Lipinski definition) is 5. The number of phenols is 1. The maximum atomic E-state index is 14.2. The van der Waals surface area contributed by atoms with Crippen LogP contribution in [0.4, 0.5) is 15.8 Å². The van der Waals surface area contributed by atoms with Crippen LogP contribution in [0.5, 0.6) is 5.75 Å². The summed E-state index contributed by atoms with van der Waals surface area (Å²) < 4.78 is 20.1. The second-order valence-electron chi connectivity index (χ2n) is 10.7. The van der Waals surface area contributed by atoms with Gasteiger partial charge >= 0.3 is 0 Å². The molecule has 1 aliphatic rings. The molecule has 7 rings (SSSR count). The van der Waals surface area contributed by atoms with Gasteiger partial charge in [-0.15, -0.1) is 0 Å². The molecule has 1 aromatic heterocycles. The number of nitrogens with one attached hydrogen (secondary N) is 1. The summed E-state index contributed by atoms with van der Waals surface area (Å²) >= 11 is 0. The van der Waals surface area contributed by atoms with Gasteiger partial charge in [0.05, 0.1) is 23.1 Å². The first-order valence-corrected chi connectivity index (χ1v) is 14.1. The molecule has 1 aliphatic heterocycles. The highest BCUT2D eigenvalue weighted by atomic mass is 19.1. The Morgan fingerprint density at radius 3 is 2.42 bits per heavy atom. The van der Waals surface area contributed by atoms with Crippen LogP contribution in [0.1, 0.15) is 50.8 Å². The van der Waals surface area contributed by atoms with Crippen LogP contribution in [0, 0.1) is 5.82 Å². The zero-order valence-electron chi connectivity index (χ0n) is 23.1. The molecule has 43 heavy (non-hydrogen) atoms. The van der Waals surface area contributed by atoms with Gasteiger partial charge in [0.15, 0.2) is 5.76 Å². The highest BCUT2D eigenvalue weighted by Gasteiger charge is 2.24. The number of aromatic hydroxyl groups is 1. The number of rotatable bonds is 6. The number of ketones is 1. The number of phenolic OH excluding ortho intramolecular Hbond substituents is 1. The lowest BCUT2D eigenvalue weighted by Gasteiger charge is -2.21. The number of anilines is 1. The minimum Gasteiger partial charge on any atom is -0.508 e. The van der Waals surface area contributed by atoms with Crippen molar-refractivity contribution in [2.24, 2.45) is 4.99 Å². The Balaban J connectivity index is 1.19. The molecule has 0 radical (unpaired) electrons. The van der Waals surface area contributed by atoms with Crippen molar-refractivity contribution in [1.29, 1.82) is 0 Å². The van der Waals surface area contributed by atoms with Gasteiger partial charge in [-0.05, 0) is 71.6 Å². The second kappa shape index (κ2) is 11.1. The third-order valence-electron chi connectivity index (χ3n) is 7.76. The van der Waals surface area contributed by atoms with E-state index in [1.807, 2.05) is 78.9 Å². The van der Waals surface area contributed by atoms with Crippen molar-refractivity contribution in [3.63, 3.8) is 0 Å². The normalized spacial score (nSPS) is 14.4. The van der Waals surface area contributed by atoms with Crippen LogP contribution in [0.25, 0.3) is 11.0 Å². The Kier molecular flexibility index (Phi) is 6.79. The van der Waals surface area contributed by atoms with E-state index in [9.17, 15) is 14.3 Å². The van der Waals surface area contributed by atoms with E-state index in [-0.39, 0.29) is 23.4 Å². The molecule has 0 spiro atoms. The van der Waals surface area contributed by atoms with E-state index in [1.54, 1.807) is 30.3 Å². The van der Waals surface area contributed by atoms with Gasteiger partial charge < -0.3 is 14.8 Å². The Bertz CT molecular complexity index is 2000. The molecule has 5 nitrogen and oxygen atoms in total. The molecule has 210 valence electrons. The number of furan rings is 1. The Labute approximate surface area is 248 Å². The van der Waals surface area contributed by atoms with E-state index in [1.165, 1.54) is 12.1 Å². The summed E-state index contributed by atoms with van der Waals surface area (Å²) in [7, 11) is 0. The quantitative estimate of drug-likeness (QED) is 0.198. The van der Waals surface area contributed by atoms with Crippen LogP contribution in [-0.2, 0) is 6.42 Å². The summed E-state index contributed by atoms with van der Waals surface area (Å²) in [6.07, 6.45) is 1.10. The molecular formula is C37H27FN2O3. The number of aliphatic imine (C=N–C) groups is 1. The summed E-state index contributed by atoms with van der Waals surface area (Å²) in [5.41, 5.74) is 7.02. The minimum atomic E-state index is -0.357. The third-order valence-corrected chi connectivity index (χ3v) is 7.76. The minimum absolute atomic E-state index is 0.155. The zero-order valence-corrected chi connectivity index (χ0v) is 23.1. The van der Waals surface area contributed by atoms with E-state index in [4.69, 9.17) is 9.41 Å². The van der Waals surface area contributed by atoms with Crippen LogP contribution in [-0.4, -0.2) is 16.6 Å². The molecule has 6 aromatic rings. The number of carbonyl (C=O) groups excluding carboxylic acids is 1. The van der Waals surface area contributed by atoms with Crippen molar-refractivity contribution in [3.05, 3.63) is 161 Å². The van der Waals surface area contributed by atoms with E-state index in [2.05, 4.69) is 5.32 Å². The number of fused-ring (bicyclic) bond motifs is 2. The van der Waals surface area contributed by atoms with Crippen LogP contribution in [0.3, 0.4) is 0 Å². The number of carbonyl (C=O) groups is 1. The fourth-order valence-corrected chi connectivity index (χ4v) is 5.62. The van der Waals surface area contributed by atoms with Crippen LogP contribution in [0.2, 0.25) is 0 Å². The lowest BCUT2D eigenvalue weighted by Crippen LogP contribution is -2.15. The summed E-state index contributed by atoms with van der Waals surface area (Å²) in [6.45, 7) is 0. The molecule has 0 amide bonds. The average Bonchev–Trinajstić information content (AvgIpc) is 3.37. The summed E-state index contributed by atoms with van der Waals surface area (Å²) in [4.78, 5) is 17.8. The summed E-state index contributed by atoms with van der Waals surface area (Å²) in [6, 6.07) is 36.4. The summed E-state index contributed by atoms with van der Waals surface area (Å²) in [5, 5.41) is 15.3. The number of benzene rings is 5. The predicted molar refractivity (Wildman–Crippen MR) is 167 cm³/mol. The van der Waals surface area contributed by atoms with Crippen LogP contribution < -0.4 is 5.32 Å². The van der Waals surface area contributed by atoms with E-state index in [0.29, 0.717) is 46.7 Å². The second-order valence-corrected chi connectivity index (χ2v) is 10.7. The van der Waals surface area contributed by atoms with Crippen molar-refractivity contribution < 1.29 is 18.7 Å². The predicted octanol–water partition coefficient (Wildman–Crippen LogP) is 8.78. The zero-order chi connectivity index (χ0) is 29.3. The topological polar surface area (TPSA) is 74.8 Å². The molecule has 6 heteroatoms. The van der Waals surface area contributed by atoms with Crippen LogP contribution in [0.15, 0.2) is 131 Å². The standard InChI is InChI=1S/C37H27FN2O3/c38-28-13-14-30-33(21-28)40-32(22-31(39-30)25-7-3-1-4-8-25)29-19-24(11-15-34(29)41)17-23-12-16-35-27(18-23)20-36(43-35)37(42)26-9-5-2-6-10-26/h1-16,18-21,32,40-41H,17,22H2. The van der Waals surface area contributed by atoms with E-state index in [0.717, 1.165) is 27.8 Å². The summed E-state index contributed by atoms with van der Waals surface area (Å²) in [5.74, 6) is -0.0536. The number of halogens is 1. The molecular weight excluding hydrogens is 539 g/mol. The molecule has 1 atom stereocenters. The Morgan fingerprint density at radius 2 is 1.60 bits per heavy atom. The Morgan fingerprint density at radius 1 is 0.860 bits per heavy atom. The number of hydrogen-bond donors (Lipinski definition) is 2. The molecule has 0 aliphatic carbocycles. The van der Waals surface area contributed by atoms with Crippen molar-refractivity contribution in [2.75, 3.05) is 5.32 Å². The average molecular weight is 567 g/mol. The lowest BCUT2D eigenvalue weighted by molar-refractivity contribution is 0.101. The molecule has 5 aromatic carbocycles. The van der Waals surface area contributed by atoms with E-state index >= 15 is 0 Å². The molecule has 1 unspecified atom stereocenters. The van der Waals surface area contributed by atoms with E-state index < -0.39 is 0 Å². The van der Waals surface area contributed by atoms with Gasteiger partial charge in [-0.2, -0.15) is 0 Å². The first-order chi connectivity index (χ1) is 21.0. The fourth-order valence-electron chi connectivity index (χ4n) is 5.62. The van der Waals surface area contributed by atoms with Gasteiger partial charge in [0.25, 0.3) is 0 Å². The van der Waals surface area contributed by atoms with Crippen molar-refractivity contribution >= 4 is 33.8 Å². The highest BCUT2D eigenvalue weighted by Crippen LogP contribution is 2.39. The van der Waals surface area contributed by atoms with Crippen molar-refractivity contribution in [2.45, 2.75) is 18.9 Å². The first-order valence-electron chi connectivity index (χ1n) is 14.1. The van der Waals surface area contributed by atoms with Crippen molar-refractivity contribution in [3.8, 4) is 5.75 Å². The smallest absolute Gasteiger partial charge is 0.228 e. The monoisotopic (exact) mass is 566 g/mol. The molecule has 0 saturated carbocycles. The largest absolute Gasteiger partial charge is 0.508 e. The molecule has 2 N–H and O–H groups in total. The maximum absolute atomic E-state index is 14.2. The SMILES string of the molecule is O=C(c1ccccc1)c1cc2cc(Cc3ccc(O)c(C4CC(c5ccccc5)=Nc5ccc(F)cc5N4)c3)ccc2o1. The first kappa shape index (κ1) is 26.4. The van der Waals surface area contributed by atoms with Gasteiger partial charge in [-0.25, -0.2) is 4.39 Å². The molecule has 0 bridgehead atoms. The van der Waals surface area contributed by atoms with Crippen LogP contribution >= 0.6 is 0 Å².